The Labute approximate surface area is 169 Å². The molecule has 27 heavy (non-hydrogen) atoms. The van der Waals surface area contributed by atoms with Crippen molar-refractivity contribution in [1.29, 1.82) is 0 Å². The number of carbonyl (C=O) groups excluding carboxylic acids is 2. The van der Waals surface area contributed by atoms with Gasteiger partial charge in [-0.2, -0.15) is 0 Å². The van der Waals surface area contributed by atoms with E-state index in [4.69, 9.17) is 17.1 Å². The summed E-state index contributed by atoms with van der Waals surface area (Å²) >= 11 is 0. The fraction of sp³-hybridized carbons (Fsp3) is 0.882. The summed E-state index contributed by atoms with van der Waals surface area (Å²) < 4.78 is 24.7. The van der Waals surface area contributed by atoms with E-state index in [0.717, 1.165) is 12.5 Å². The molecule has 0 N–H and O–H groups in total. The van der Waals surface area contributed by atoms with Crippen molar-refractivity contribution in [3.05, 3.63) is 0 Å². The smallest absolute Gasteiger partial charge is 0.317 e. The number of rotatable bonds is 11. The number of carbonyl (C=O) groups is 2. The van der Waals surface area contributed by atoms with Crippen molar-refractivity contribution in [3.63, 3.8) is 0 Å². The fourth-order valence-corrected chi connectivity index (χ4v) is 22.1. The Kier molecular flexibility index (Phi) is 8.44. The molecule has 1 rings (SSSR count). The Morgan fingerprint density at radius 3 is 1.70 bits per heavy atom. The normalized spacial score (nSPS) is 23.1. The highest BCUT2D eigenvalue weighted by atomic mass is 28.5. The van der Waals surface area contributed by atoms with Gasteiger partial charge in [0.2, 0.25) is 0 Å². The van der Waals surface area contributed by atoms with Crippen LogP contribution in [-0.2, 0) is 26.7 Å². The molecule has 0 bridgehead atoms. The summed E-state index contributed by atoms with van der Waals surface area (Å²) in [5.41, 5.74) is 0. The summed E-state index contributed by atoms with van der Waals surface area (Å²) in [5, 5.41) is 0. The van der Waals surface area contributed by atoms with Gasteiger partial charge in [-0.25, -0.2) is 0 Å². The van der Waals surface area contributed by atoms with Crippen LogP contribution in [0.15, 0.2) is 0 Å². The van der Waals surface area contributed by atoms with Gasteiger partial charge in [-0.05, 0) is 70.9 Å². The van der Waals surface area contributed by atoms with Crippen LogP contribution in [0.25, 0.3) is 0 Å². The molecule has 0 saturated carbocycles. The first-order chi connectivity index (χ1) is 12.1. The van der Waals surface area contributed by atoms with Gasteiger partial charge in [0.1, 0.15) is 0 Å². The minimum absolute atomic E-state index is 0.172. The molecule has 0 amide bonds. The molecule has 0 aromatic rings. The largest absolute Gasteiger partial charge is 0.437 e. The molecule has 10 heteroatoms. The van der Waals surface area contributed by atoms with Gasteiger partial charge >= 0.3 is 29.1 Å². The number of ether oxygens (including phenoxy) is 1. The second-order valence-corrected chi connectivity index (χ2v) is 26.2. The topological polar surface area (TPSA) is 71.1 Å². The molecule has 0 radical (unpaired) electrons. The molecule has 1 aliphatic rings. The van der Waals surface area contributed by atoms with Gasteiger partial charge in [-0.1, -0.05) is 13.3 Å². The van der Waals surface area contributed by atoms with E-state index in [9.17, 15) is 9.59 Å². The van der Waals surface area contributed by atoms with Crippen LogP contribution in [0, 0.1) is 5.92 Å². The van der Waals surface area contributed by atoms with Gasteiger partial charge in [0.15, 0.2) is 16.6 Å². The Hall–Kier alpha value is -0.112. The molecule has 0 spiro atoms. The summed E-state index contributed by atoms with van der Waals surface area (Å²) in [6.45, 7) is 19.5. The van der Waals surface area contributed by atoms with Gasteiger partial charge in [0.05, 0.1) is 12.3 Å². The first-order valence-corrected chi connectivity index (χ1v) is 21.8. The van der Waals surface area contributed by atoms with Crippen molar-refractivity contribution in [3.8, 4) is 0 Å². The quantitative estimate of drug-likeness (QED) is 0.257. The predicted molar refractivity (Wildman–Crippen MR) is 117 cm³/mol. The molecule has 1 fully saturated rings. The van der Waals surface area contributed by atoms with Crippen LogP contribution in [0.3, 0.4) is 0 Å². The van der Waals surface area contributed by atoms with Gasteiger partial charge < -0.3 is 17.1 Å². The molecule has 6 nitrogen and oxygen atoms in total. The number of hydrogen-bond acceptors (Lipinski definition) is 6. The molecule has 1 saturated heterocycles. The maximum atomic E-state index is 11.9. The van der Waals surface area contributed by atoms with Crippen LogP contribution in [0.1, 0.15) is 26.2 Å². The van der Waals surface area contributed by atoms with Gasteiger partial charge in [-0.3, -0.25) is 9.59 Å². The average molecular weight is 451 g/mol. The van der Waals surface area contributed by atoms with Gasteiger partial charge in [0, 0.05) is 0 Å². The molecule has 0 aliphatic carbocycles. The molecular formula is C17H38O6Si4. The zero-order valence-electron chi connectivity index (χ0n) is 18.6. The zero-order valence-corrected chi connectivity index (χ0v) is 22.6. The monoisotopic (exact) mass is 450 g/mol. The summed E-state index contributed by atoms with van der Waals surface area (Å²) in [6.07, 6.45) is 1.75. The molecule has 3 atom stereocenters. The lowest BCUT2D eigenvalue weighted by Gasteiger charge is -2.43. The van der Waals surface area contributed by atoms with Crippen LogP contribution in [0.2, 0.25) is 64.5 Å². The van der Waals surface area contributed by atoms with E-state index in [2.05, 4.69) is 59.3 Å². The third-order valence-electron chi connectivity index (χ3n) is 4.09. The Bertz CT molecular complexity index is 545. The lowest BCUT2D eigenvalue weighted by molar-refractivity contribution is -0.153. The zero-order chi connectivity index (χ0) is 21.1. The lowest BCUT2D eigenvalue weighted by Crippen LogP contribution is -2.58. The third kappa shape index (κ3) is 9.28. The van der Waals surface area contributed by atoms with E-state index in [1.54, 1.807) is 0 Å². The van der Waals surface area contributed by atoms with E-state index < -0.39 is 45.7 Å². The average Bonchev–Trinajstić information content (AvgIpc) is 2.70. The minimum atomic E-state index is -2.57. The highest BCUT2D eigenvalue weighted by Gasteiger charge is 2.47. The van der Waals surface area contributed by atoms with Crippen molar-refractivity contribution in [2.75, 3.05) is 0 Å². The van der Waals surface area contributed by atoms with Crippen molar-refractivity contribution in [2.45, 2.75) is 90.7 Å². The van der Waals surface area contributed by atoms with Gasteiger partial charge in [-0.15, -0.1) is 0 Å². The van der Waals surface area contributed by atoms with Gasteiger partial charge in [0.25, 0.3) is 0 Å². The number of hydrogen-bond donors (Lipinski definition) is 0. The maximum absolute atomic E-state index is 11.9. The molecule has 1 aliphatic heterocycles. The Morgan fingerprint density at radius 2 is 1.33 bits per heavy atom. The van der Waals surface area contributed by atoms with E-state index in [0.29, 0.717) is 12.5 Å². The fourth-order valence-electron chi connectivity index (χ4n) is 3.63. The van der Waals surface area contributed by atoms with E-state index in [1.807, 2.05) is 0 Å². The van der Waals surface area contributed by atoms with Crippen molar-refractivity contribution >= 4 is 45.7 Å². The SMILES string of the molecule is CCC[Si](C)(O[Si](C)(C)C)O[Si](C)(CCC1CC(=O)OC1=O)O[Si](C)(C)C. The molecule has 0 aromatic carbocycles. The third-order valence-corrected chi connectivity index (χ3v) is 18.5. The standard InChI is InChI=1S/C17H38O6Si4/c1-10-12-26(8,21-24(2,3)4)23-27(9,22-25(5,6)7)13-11-15-14-16(18)20-17(15)19/h15H,10-14H2,1-9H3. The lowest BCUT2D eigenvalue weighted by atomic mass is 10.1. The molecule has 158 valence electrons. The van der Waals surface area contributed by atoms with E-state index in [1.165, 1.54) is 0 Å². The Morgan fingerprint density at radius 1 is 0.852 bits per heavy atom. The van der Waals surface area contributed by atoms with Crippen LogP contribution < -0.4 is 0 Å². The highest BCUT2D eigenvalue weighted by Crippen LogP contribution is 2.33. The molecule has 3 unspecified atom stereocenters. The second kappa shape index (κ2) is 9.14. The van der Waals surface area contributed by atoms with Crippen LogP contribution in [0.5, 0.6) is 0 Å². The summed E-state index contributed by atoms with van der Waals surface area (Å²) in [6, 6.07) is 1.60. The van der Waals surface area contributed by atoms with Crippen LogP contribution in [-0.4, -0.2) is 45.7 Å². The summed E-state index contributed by atoms with van der Waals surface area (Å²) in [7, 11) is -8.58. The van der Waals surface area contributed by atoms with E-state index in [-0.39, 0.29) is 12.3 Å². The van der Waals surface area contributed by atoms with Crippen molar-refractivity contribution < 1.29 is 26.7 Å². The molecule has 1 heterocycles. The molecule has 0 aromatic heterocycles. The summed E-state index contributed by atoms with van der Waals surface area (Å²) in [5.74, 6) is -1.20. The van der Waals surface area contributed by atoms with Crippen molar-refractivity contribution in [1.82, 2.24) is 0 Å². The maximum Gasteiger partial charge on any atom is 0.317 e. The highest BCUT2D eigenvalue weighted by molar-refractivity contribution is 6.89. The first-order valence-electron chi connectivity index (χ1n) is 9.91. The molecular weight excluding hydrogens is 413 g/mol. The minimum Gasteiger partial charge on any atom is -0.437 e. The van der Waals surface area contributed by atoms with Crippen LogP contribution >= 0.6 is 0 Å². The van der Waals surface area contributed by atoms with Crippen LogP contribution in [0.4, 0.5) is 0 Å². The number of esters is 2. The first kappa shape index (κ1) is 24.9. The van der Waals surface area contributed by atoms with Crippen molar-refractivity contribution in [2.24, 2.45) is 5.92 Å². The number of cyclic esters (lactones) is 2. The summed E-state index contributed by atoms with van der Waals surface area (Å²) in [4.78, 5) is 23.2. The Balaban J connectivity index is 2.99. The second-order valence-electron chi connectivity index (χ2n) is 9.78. The van der Waals surface area contributed by atoms with E-state index >= 15 is 0 Å². The predicted octanol–water partition coefficient (Wildman–Crippen LogP) is 4.74.